The zero-order valence-electron chi connectivity index (χ0n) is 13.9. The molecule has 2 aromatic rings. The highest BCUT2D eigenvalue weighted by Gasteiger charge is 2.40. The van der Waals surface area contributed by atoms with Crippen molar-refractivity contribution in [3.63, 3.8) is 0 Å². The number of amides is 1. The van der Waals surface area contributed by atoms with Crippen molar-refractivity contribution in [2.75, 3.05) is 6.61 Å². The zero-order valence-corrected chi connectivity index (χ0v) is 13.9. The first-order valence-corrected chi connectivity index (χ1v) is 8.52. The van der Waals surface area contributed by atoms with Crippen molar-refractivity contribution >= 4 is 5.91 Å². The second kappa shape index (κ2) is 6.33. The molecule has 140 valence electrons. The number of aromatic amines is 1. The SMILES string of the molecule is O=C(NCc1cc2n(n1)CCCO2)[C@H]1CCc2[nH]nc(C(F)(F)F)c2C1. The molecule has 1 amide bonds. The summed E-state index contributed by atoms with van der Waals surface area (Å²) in [6.07, 6.45) is -2.73. The van der Waals surface area contributed by atoms with Crippen LogP contribution in [0.1, 0.15) is 35.5 Å². The van der Waals surface area contributed by atoms with E-state index in [0.29, 0.717) is 36.7 Å². The van der Waals surface area contributed by atoms with E-state index in [9.17, 15) is 18.0 Å². The smallest absolute Gasteiger partial charge is 0.435 e. The lowest BCUT2D eigenvalue weighted by Crippen LogP contribution is -2.34. The highest BCUT2D eigenvalue weighted by atomic mass is 19.4. The number of nitrogens with zero attached hydrogens (tertiary/aromatic N) is 3. The van der Waals surface area contributed by atoms with Crippen LogP contribution in [0.25, 0.3) is 0 Å². The molecule has 0 fully saturated rings. The summed E-state index contributed by atoms with van der Waals surface area (Å²) in [5, 5.41) is 13.0. The number of hydrogen-bond acceptors (Lipinski definition) is 4. The Bertz CT molecular complexity index is 803. The van der Waals surface area contributed by atoms with Crippen LogP contribution in [0.5, 0.6) is 5.88 Å². The fraction of sp³-hybridized carbons (Fsp3) is 0.562. The van der Waals surface area contributed by atoms with Crippen LogP contribution < -0.4 is 10.1 Å². The molecule has 0 unspecified atom stereocenters. The Balaban J connectivity index is 1.40. The summed E-state index contributed by atoms with van der Waals surface area (Å²) in [6.45, 7) is 1.65. The Kier molecular flexibility index (Phi) is 4.12. The fourth-order valence-corrected chi connectivity index (χ4v) is 3.48. The van der Waals surface area contributed by atoms with Gasteiger partial charge in [0.15, 0.2) is 5.69 Å². The average molecular weight is 369 g/mol. The Labute approximate surface area is 146 Å². The predicted octanol–water partition coefficient (Wildman–Crippen LogP) is 1.83. The molecule has 4 rings (SSSR count). The van der Waals surface area contributed by atoms with Crippen LogP contribution in [-0.4, -0.2) is 32.5 Å². The first-order chi connectivity index (χ1) is 12.4. The lowest BCUT2D eigenvalue weighted by molar-refractivity contribution is -0.142. The van der Waals surface area contributed by atoms with Gasteiger partial charge in [-0.1, -0.05) is 0 Å². The van der Waals surface area contributed by atoms with Gasteiger partial charge in [-0.2, -0.15) is 23.4 Å². The number of aryl methyl sites for hydroxylation is 2. The van der Waals surface area contributed by atoms with Crippen LogP contribution in [-0.2, 0) is 36.9 Å². The highest BCUT2D eigenvalue weighted by molar-refractivity contribution is 5.79. The third-order valence-corrected chi connectivity index (χ3v) is 4.79. The van der Waals surface area contributed by atoms with Gasteiger partial charge in [-0.25, -0.2) is 4.68 Å². The molecule has 2 N–H and O–H groups in total. The van der Waals surface area contributed by atoms with Gasteiger partial charge in [0.1, 0.15) is 0 Å². The van der Waals surface area contributed by atoms with Gasteiger partial charge >= 0.3 is 6.18 Å². The topological polar surface area (TPSA) is 84.8 Å². The van der Waals surface area contributed by atoms with Crippen molar-refractivity contribution in [2.24, 2.45) is 5.92 Å². The maximum atomic E-state index is 13.0. The van der Waals surface area contributed by atoms with E-state index in [1.165, 1.54) is 0 Å². The standard InChI is InChI=1S/C16H18F3N5O2/c17-16(18,19)14-11-6-9(2-3-12(11)21-22-14)15(25)20-8-10-7-13-24(23-10)4-1-5-26-13/h7,9H,1-6,8H2,(H,20,25)(H,21,22)/t9-/m0/s1. The molecular formula is C16H18F3N5O2. The van der Waals surface area contributed by atoms with E-state index in [4.69, 9.17) is 4.74 Å². The van der Waals surface area contributed by atoms with Crippen LogP contribution in [0.4, 0.5) is 13.2 Å². The van der Waals surface area contributed by atoms with E-state index in [2.05, 4.69) is 20.6 Å². The quantitative estimate of drug-likeness (QED) is 0.865. The number of carbonyl (C=O) groups is 1. The molecule has 0 radical (unpaired) electrons. The summed E-state index contributed by atoms with van der Waals surface area (Å²) < 4.78 is 46.3. The Hall–Kier alpha value is -2.52. The van der Waals surface area contributed by atoms with Crippen LogP contribution in [0.3, 0.4) is 0 Å². The molecule has 0 aromatic carbocycles. The number of H-pyrrole nitrogens is 1. The van der Waals surface area contributed by atoms with Crippen molar-refractivity contribution in [3.8, 4) is 5.88 Å². The minimum absolute atomic E-state index is 0.0370. The first kappa shape index (κ1) is 16.9. The summed E-state index contributed by atoms with van der Waals surface area (Å²) >= 11 is 0. The largest absolute Gasteiger partial charge is 0.478 e. The van der Waals surface area contributed by atoms with Crippen molar-refractivity contribution in [3.05, 3.63) is 28.7 Å². The molecular weight excluding hydrogens is 351 g/mol. The molecule has 0 spiro atoms. The molecule has 1 aliphatic heterocycles. The Morgan fingerprint density at radius 1 is 1.46 bits per heavy atom. The number of rotatable bonds is 3. The summed E-state index contributed by atoms with van der Waals surface area (Å²) in [4.78, 5) is 12.4. The minimum Gasteiger partial charge on any atom is -0.478 e. The number of fused-ring (bicyclic) bond motifs is 2. The first-order valence-electron chi connectivity index (χ1n) is 8.52. The third kappa shape index (κ3) is 3.15. The van der Waals surface area contributed by atoms with Crippen molar-refractivity contribution in [1.82, 2.24) is 25.3 Å². The van der Waals surface area contributed by atoms with Gasteiger partial charge in [0.05, 0.1) is 18.8 Å². The Morgan fingerprint density at radius 3 is 3.08 bits per heavy atom. The summed E-state index contributed by atoms with van der Waals surface area (Å²) in [7, 11) is 0. The van der Waals surface area contributed by atoms with Gasteiger partial charge in [-0.05, 0) is 19.3 Å². The molecule has 0 bridgehead atoms. The van der Waals surface area contributed by atoms with Gasteiger partial charge in [-0.3, -0.25) is 9.89 Å². The Morgan fingerprint density at radius 2 is 2.31 bits per heavy atom. The zero-order chi connectivity index (χ0) is 18.3. The van der Waals surface area contributed by atoms with Crippen LogP contribution in [0, 0.1) is 5.92 Å². The van der Waals surface area contributed by atoms with Crippen LogP contribution >= 0.6 is 0 Å². The van der Waals surface area contributed by atoms with E-state index in [1.807, 2.05) is 0 Å². The van der Waals surface area contributed by atoms with Crippen molar-refractivity contribution in [1.29, 1.82) is 0 Å². The number of hydrogen-bond donors (Lipinski definition) is 2. The normalized spacial score (nSPS) is 19.4. The molecule has 10 heteroatoms. The van der Waals surface area contributed by atoms with E-state index < -0.39 is 17.8 Å². The molecule has 0 saturated heterocycles. The van der Waals surface area contributed by atoms with Gasteiger partial charge in [-0.15, -0.1) is 0 Å². The fourth-order valence-electron chi connectivity index (χ4n) is 3.48. The molecule has 0 saturated carbocycles. The van der Waals surface area contributed by atoms with Crippen molar-refractivity contribution < 1.29 is 22.7 Å². The molecule has 7 nitrogen and oxygen atoms in total. The molecule has 2 aromatic heterocycles. The second-order valence-electron chi connectivity index (χ2n) is 6.58. The minimum atomic E-state index is -4.52. The molecule has 1 aliphatic carbocycles. The van der Waals surface area contributed by atoms with Crippen LogP contribution in [0.2, 0.25) is 0 Å². The maximum absolute atomic E-state index is 13.0. The molecule has 1 atom stereocenters. The van der Waals surface area contributed by atoms with E-state index in [1.54, 1.807) is 10.7 Å². The monoisotopic (exact) mass is 369 g/mol. The number of halogens is 3. The molecule has 3 heterocycles. The van der Waals surface area contributed by atoms with Gasteiger partial charge < -0.3 is 10.1 Å². The highest BCUT2D eigenvalue weighted by Crippen LogP contribution is 2.36. The maximum Gasteiger partial charge on any atom is 0.435 e. The van der Waals surface area contributed by atoms with E-state index in [0.717, 1.165) is 13.0 Å². The number of carbonyl (C=O) groups excluding carboxylic acids is 1. The predicted molar refractivity (Wildman–Crippen MR) is 83.3 cm³/mol. The lowest BCUT2D eigenvalue weighted by atomic mass is 9.85. The number of aromatic nitrogens is 4. The number of alkyl halides is 3. The average Bonchev–Trinajstić information content (AvgIpc) is 3.22. The number of nitrogens with one attached hydrogen (secondary N) is 2. The summed E-state index contributed by atoms with van der Waals surface area (Å²) in [6, 6.07) is 1.77. The van der Waals surface area contributed by atoms with Gasteiger partial charge in [0.25, 0.3) is 0 Å². The second-order valence-corrected chi connectivity index (χ2v) is 6.58. The van der Waals surface area contributed by atoms with Gasteiger partial charge in [0, 0.05) is 36.2 Å². The molecule has 26 heavy (non-hydrogen) atoms. The lowest BCUT2D eigenvalue weighted by Gasteiger charge is -2.22. The van der Waals surface area contributed by atoms with E-state index >= 15 is 0 Å². The summed E-state index contributed by atoms with van der Waals surface area (Å²) in [5.74, 6) is -0.0948. The van der Waals surface area contributed by atoms with Gasteiger partial charge in [0.2, 0.25) is 11.8 Å². The number of ether oxygens (including phenoxy) is 1. The van der Waals surface area contributed by atoms with Crippen molar-refractivity contribution in [2.45, 2.75) is 44.9 Å². The van der Waals surface area contributed by atoms with Crippen LogP contribution in [0.15, 0.2) is 6.07 Å². The molecule has 2 aliphatic rings. The summed E-state index contributed by atoms with van der Waals surface area (Å²) in [5.41, 5.74) is 0.338. The third-order valence-electron chi connectivity index (χ3n) is 4.79. The van der Waals surface area contributed by atoms with E-state index in [-0.39, 0.29) is 24.4 Å².